The van der Waals surface area contributed by atoms with Crippen molar-refractivity contribution in [2.75, 3.05) is 30.8 Å². The first-order valence-electron chi connectivity index (χ1n) is 5.39. The largest absolute Gasteiger partial charge is 0.398 e. The lowest BCUT2D eigenvalue weighted by atomic mass is 10.2. The Labute approximate surface area is 96.0 Å². The zero-order chi connectivity index (χ0) is 11.8. The summed E-state index contributed by atoms with van der Waals surface area (Å²) in [6, 6.07) is 7.43. The predicted molar refractivity (Wildman–Crippen MR) is 65.2 cm³/mol. The highest BCUT2D eigenvalue weighted by Gasteiger charge is 1.99. The minimum absolute atomic E-state index is 0.509. The van der Waals surface area contributed by atoms with E-state index in [-0.39, 0.29) is 0 Å². The fraction of sp³-hybridized carbons (Fsp3) is 0.417. The van der Waals surface area contributed by atoms with E-state index in [1.807, 2.05) is 13.0 Å². The number of nitrogen functional groups attached to an aromatic ring is 1. The molecule has 0 aliphatic rings. The van der Waals surface area contributed by atoms with Crippen LogP contribution in [-0.2, 0) is 4.74 Å². The van der Waals surface area contributed by atoms with Gasteiger partial charge in [-0.05, 0) is 31.5 Å². The maximum atomic E-state index is 8.81. The minimum atomic E-state index is 0.509. The van der Waals surface area contributed by atoms with E-state index in [1.165, 1.54) is 0 Å². The molecule has 4 heteroatoms. The Morgan fingerprint density at radius 3 is 3.00 bits per heavy atom. The van der Waals surface area contributed by atoms with E-state index in [1.54, 1.807) is 12.1 Å². The fourth-order valence-electron chi connectivity index (χ4n) is 1.31. The normalized spacial score (nSPS) is 9.75. The van der Waals surface area contributed by atoms with Crippen molar-refractivity contribution in [3.8, 4) is 6.07 Å². The second-order valence-electron chi connectivity index (χ2n) is 3.39. The first-order valence-corrected chi connectivity index (χ1v) is 5.39. The lowest BCUT2D eigenvalue weighted by Crippen LogP contribution is -2.06. The molecule has 0 saturated carbocycles. The van der Waals surface area contributed by atoms with Crippen LogP contribution >= 0.6 is 0 Å². The van der Waals surface area contributed by atoms with E-state index in [4.69, 9.17) is 15.7 Å². The predicted octanol–water partition coefficient (Wildman–Crippen LogP) is 1.98. The van der Waals surface area contributed by atoms with Crippen LogP contribution in [0.15, 0.2) is 18.2 Å². The van der Waals surface area contributed by atoms with Gasteiger partial charge < -0.3 is 15.8 Å². The van der Waals surface area contributed by atoms with E-state index in [2.05, 4.69) is 11.4 Å². The lowest BCUT2D eigenvalue weighted by Gasteiger charge is -2.07. The summed E-state index contributed by atoms with van der Waals surface area (Å²) in [6.45, 7) is 4.31. The molecule has 0 radical (unpaired) electrons. The Balaban J connectivity index is 2.40. The first kappa shape index (κ1) is 12.3. The Hall–Kier alpha value is -1.73. The van der Waals surface area contributed by atoms with Crippen molar-refractivity contribution in [3.05, 3.63) is 23.8 Å². The second kappa shape index (κ2) is 6.70. The van der Waals surface area contributed by atoms with E-state index in [0.29, 0.717) is 11.3 Å². The van der Waals surface area contributed by atoms with Gasteiger partial charge in [0, 0.05) is 31.1 Å². The van der Waals surface area contributed by atoms with Crippen molar-refractivity contribution in [1.29, 1.82) is 5.26 Å². The van der Waals surface area contributed by atoms with E-state index in [9.17, 15) is 0 Å². The molecule has 1 aromatic carbocycles. The first-order chi connectivity index (χ1) is 7.77. The molecule has 86 valence electrons. The van der Waals surface area contributed by atoms with Gasteiger partial charge in [-0.25, -0.2) is 0 Å². The van der Waals surface area contributed by atoms with Gasteiger partial charge in [-0.1, -0.05) is 0 Å². The average molecular weight is 219 g/mol. The zero-order valence-electron chi connectivity index (χ0n) is 9.49. The summed E-state index contributed by atoms with van der Waals surface area (Å²) in [7, 11) is 0. The van der Waals surface area contributed by atoms with Gasteiger partial charge in [0.05, 0.1) is 5.56 Å². The van der Waals surface area contributed by atoms with Crippen LogP contribution in [0.3, 0.4) is 0 Å². The Morgan fingerprint density at radius 2 is 2.31 bits per heavy atom. The second-order valence-corrected chi connectivity index (χ2v) is 3.39. The van der Waals surface area contributed by atoms with Gasteiger partial charge in [0.2, 0.25) is 0 Å². The van der Waals surface area contributed by atoms with E-state index in [0.717, 1.165) is 31.9 Å². The third kappa shape index (κ3) is 3.79. The molecule has 0 unspecified atom stereocenters. The third-order valence-electron chi connectivity index (χ3n) is 2.17. The zero-order valence-corrected chi connectivity index (χ0v) is 9.49. The maximum absolute atomic E-state index is 8.81. The molecule has 0 saturated heterocycles. The van der Waals surface area contributed by atoms with Crippen LogP contribution in [0.5, 0.6) is 0 Å². The molecular formula is C12H17N3O. The van der Waals surface area contributed by atoms with E-state index < -0.39 is 0 Å². The molecular weight excluding hydrogens is 202 g/mol. The number of anilines is 2. The van der Waals surface area contributed by atoms with Gasteiger partial charge in [0.15, 0.2) is 0 Å². The van der Waals surface area contributed by atoms with Gasteiger partial charge >= 0.3 is 0 Å². The van der Waals surface area contributed by atoms with Crippen LogP contribution < -0.4 is 11.1 Å². The van der Waals surface area contributed by atoms with Crippen molar-refractivity contribution in [2.45, 2.75) is 13.3 Å². The highest BCUT2D eigenvalue weighted by molar-refractivity contribution is 5.61. The Bertz CT molecular complexity index is 371. The van der Waals surface area contributed by atoms with E-state index >= 15 is 0 Å². The summed E-state index contributed by atoms with van der Waals surface area (Å²) in [5.74, 6) is 0. The summed E-state index contributed by atoms with van der Waals surface area (Å²) in [5.41, 5.74) is 7.57. The van der Waals surface area contributed by atoms with Crippen molar-refractivity contribution in [3.63, 3.8) is 0 Å². The molecule has 0 bridgehead atoms. The molecule has 0 heterocycles. The molecule has 1 rings (SSSR count). The summed E-state index contributed by atoms with van der Waals surface area (Å²) in [4.78, 5) is 0. The molecule has 0 fully saturated rings. The minimum Gasteiger partial charge on any atom is -0.398 e. The number of nitrogens with zero attached hydrogens (tertiary/aromatic N) is 1. The number of hydrogen-bond acceptors (Lipinski definition) is 4. The quantitative estimate of drug-likeness (QED) is 0.567. The van der Waals surface area contributed by atoms with Gasteiger partial charge in [-0.2, -0.15) is 5.26 Å². The Kier molecular flexibility index (Phi) is 5.17. The molecule has 0 aliphatic carbocycles. The van der Waals surface area contributed by atoms with Crippen LogP contribution in [0, 0.1) is 11.3 Å². The topological polar surface area (TPSA) is 71.1 Å². The SMILES string of the molecule is CCOCCCNc1ccc(N)c(C#N)c1. The van der Waals surface area contributed by atoms with Gasteiger partial charge in [-0.3, -0.25) is 0 Å². The number of rotatable bonds is 6. The summed E-state index contributed by atoms with van der Waals surface area (Å²) in [5, 5.41) is 12.0. The standard InChI is InChI=1S/C12H17N3O/c1-2-16-7-3-6-15-11-4-5-12(14)10(8-11)9-13/h4-5,8,15H,2-3,6-7,14H2,1H3. The monoisotopic (exact) mass is 219 g/mol. The number of ether oxygens (including phenoxy) is 1. The number of nitriles is 1. The molecule has 0 amide bonds. The molecule has 0 aliphatic heterocycles. The van der Waals surface area contributed by atoms with Crippen molar-refractivity contribution in [1.82, 2.24) is 0 Å². The molecule has 0 atom stereocenters. The summed E-state index contributed by atoms with van der Waals surface area (Å²) < 4.78 is 5.22. The smallest absolute Gasteiger partial charge is 0.101 e. The van der Waals surface area contributed by atoms with Gasteiger partial charge in [-0.15, -0.1) is 0 Å². The van der Waals surface area contributed by atoms with Gasteiger partial charge in [0.1, 0.15) is 6.07 Å². The Morgan fingerprint density at radius 1 is 1.50 bits per heavy atom. The number of nitrogens with two attached hydrogens (primary N) is 1. The summed E-state index contributed by atoms with van der Waals surface area (Å²) in [6.07, 6.45) is 0.945. The van der Waals surface area contributed by atoms with Crippen molar-refractivity contribution >= 4 is 11.4 Å². The number of benzene rings is 1. The average Bonchev–Trinajstić information content (AvgIpc) is 2.31. The molecule has 16 heavy (non-hydrogen) atoms. The highest BCUT2D eigenvalue weighted by atomic mass is 16.5. The van der Waals surface area contributed by atoms with Crippen LogP contribution in [0.4, 0.5) is 11.4 Å². The molecule has 1 aromatic rings. The van der Waals surface area contributed by atoms with Crippen LogP contribution in [0.25, 0.3) is 0 Å². The number of nitrogens with one attached hydrogen (secondary N) is 1. The lowest BCUT2D eigenvalue weighted by molar-refractivity contribution is 0.147. The van der Waals surface area contributed by atoms with Crippen molar-refractivity contribution in [2.24, 2.45) is 0 Å². The molecule has 0 spiro atoms. The third-order valence-corrected chi connectivity index (χ3v) is 2.17. The molecule has 3 N–H and O–H groups in total. The molecule has 0 aromatic heterocycles. The number of hydrogen-bond donors (Lipinski definition) is 2. The van der Waals surface area contributed by atoms with Crippen molar-refractivity contribution < 1.29 is 4.74 Å². The highest BCUT2D eigenvalue weighted by Crippen LogP contribution is 2.16. The maximum Gasteiger partial charge on any atom is 0.101 e. The van der Waals surface area contributed by atoms with Crippen LogP contribution in [-0.4, -0.2) is 19.8 Å². The van der Waals surface area contributed by atoms with Gasteiger partial charge in [0.25, 0.3) is 0 Å². The van der Waals surface area contributed by atoms with Crippen LogP contribution in [0.2, 0.25) is 0 Å². The summed E-state index contributed by atoms with van der Waals surface area (Å²) >= 11 is 0. The van der Waals surface area contributed by atoms with Crippen LogP contribution in [0.1, 0.15) is 18.9 Å². The fourth-order valence-corrected chi connectivity index (χ4v) is 1.31. The molecule has 4 nitrogen and oxygen atoms in total.